The van der Waals surface area contributed by atoms with Crippen LogP contribution in [0.25, 0.3) is 0 Å². The number of carbonyl (C=O) groups excluding carboxylic acids is 2. The van der Waals surface area contributed by atoms with E-state index in [0.717, 1.165) is 18.4 Å². The Bertz CT molecular complexity index is 1110. The number of ether oxygens (including phenoxy) is 1. The second-order valence-corrected chi connectivity index (χ2v) is 9.91. The van der Waals surface area contributed by atoms with Crippen LogP contribution in [0.3, 0.4) is 0 Å². The molecule has 7 nitrogen and oxygen atoms in total. The SMILES string of the molecule is O=C(NCCNC(=O)c1ccc(OC2CCC(C(=O)O)CC2)cc1Cl)c1ccc(C2CC2)c(Cl)c1. The average molecular weight is 519 g/mol. The summed E-state index contributed by atoms with van der Waals surface area (Å²) >= 11 is 12.6. The van der Waals surface area contributed by atoms with Gasteiger partial charge in [-0.05, 0) is 80.3 Å². The van der Waals surface area contributed by atoms with Crippen LogP contribution in [0.1, 0.15) is 70.7 Å². The number of hydrogen-bond acceptors (Lipinski definition) is 4. The predicted octanol–water partition coefficient (Wildman–Crippen LogP) is 5.05. The zero-order valence-electron chi connectivity index (χ0n) is 19.2. The van der Waals surface area contributed by atoms with Gasteiger partial charge in [0.25, 0.3) is 11.8 Å². The summed E-state index contributed by atoms with van der Waals surface area (Å²) in [6.45, 7) is 0.490. The Kier molecular flexibility index (Phi) is 8.19. The Morgan fingerprint density at radius 3 is 2.14 bits per heavy atom. The van der Waals surface area contributed by atoms with Gasteiger partial charge in [0.1, 0.15) is 5.75 Å². The van der Waals surface area contributed by atoms with Gasteiger partial charge in [-0.15, -0.1) is 0 Å². The number of hydrogen-bond donors (Lipinski definition) is 3. The number of nitrogens with one attached hydrogen (secondary N) is 2. The van der Waals surface area contributed by atoms with E-state index in [1.165, 1.54) is 0 Å². The Balaban J connectivity index is 1.21. The highest BCUT2D eigenvalue weighted by Crippen LogP contribution is 2.43. The maximum atomic E-state index is 12.5. The molecule has 35 heavy (non-hydrogen) atoms. The first-order valence-corrected chi connectivity index (χ1v) is 12.6. The third-order valence-corrected chi connectivity index (χ3v) is 7.13. The van der Waals surface area contributed by atoms with Gasteiger partial charge in [-0.25, -0.2) is 0 Å². The highest BCUT2D eigenvalue weighted by atomic mass is 35.5. The molecule has 2 aromatic rings. The smallest absolute Gasteiger partial charge is 0.306 e. The molecule has 2 fully saturated rings. The molecule has 2 aromatic carbocycles. The van der Waals surface area contributed by atoms with E-state index >= 15 is 0 Å². The molecule has 0 saturated heterocycles. The molecule has 186 valence electrons. The van der Waals surface area contributed by atoms with Gasteiger partial charge in [0, 0.05) is 23.7 Å². The van der Waals surface area contributed by atoms with E-state index in [1.807, 2.05) is 6.07 Å². The first-order chi connectivity index (χ1) is 16.8. The molecule has 0 aromatic heterocycles. The number of aliphatic carboxylic acids is 1. The van der Waals surface area contributed by atoms with Gasteiger partial charge in [0.05, 0.1) is 22.6 Å². The summed E-state index contributed by atoms with van der Waals surface area (Å²) in [6, 6.07) is 10.2. The topological polar surface area (TPSA) is 105 Å². The molecule has 0 bridgehead atoms. The summed E-state index contributed by atoms with van der Waals surface area (Å²) in [5, 5.41) is 15.5. The number of halogens is 2. The summed E-state index contributed by atoms with van der Waals surface area (Å²) in [5.74, 6) is -0.603. The molecule has 2 amide bonds. The van der Waals surface area contributed by atoms with Crippen molar-refractivity contribution >= 4 is 41.0 Å². The lowest BCUT2D eigenvalue weighted by atomic mass is 9.87. The van der Waals surface area contributed by atoms with Crippen LogP contribution < -0.4 is 15.4 Å². The third kappa shape index (κ3) is 6.67. The van der Waals surface area contributed by atoms with Crippen molar-refractivity contribution in [1.29, 1.82) is 0 Å². The van der Waals surface area contributed by atoms with Gasteiger partial charge in [-0.2, -0.15) is 0 Å². The molecule has 3 N–H and O–H groups in total. The fourth-order valence-electron chi connectivity index (χ4n) is 4.32. The lowest BCUT2D eigenvalue weighted by Crippen LogP contribution is -2.34. The summed E-state index contributed by atoms with van der Waals surface area (Å²) in [4.78, 5) is 36.0. The highest BCUT2D eigenvalue weighted by Gasteiger charge is 2.27. The second-order valence-electron chi connectivity index (χ2n) is 9.09. The van der Waals surface area contributed by atoms with Gasteiger partial charge < -0.3 is 20.5 Å². The summed E-state index contributed by atoms with van der Waals surface area (Å²) in [6.07, 6.45) is 4.72. The number of benzene rings is 2. The Morgan fingerprint density at radius 1 is 0.857 bits per heavy atom. The van der Waals surface area contributed by atoms with Gasteiger partial charge >= 0.3 is 5.97 Å². The van der Waals surface area contributed by atoms with Crippen LogP contribution in [0, 0.1) is 5.92 Å². The van der Waals surface area contributed by atoms with Gasteiger partial charge in [-0.1, -0.05) is 29.3 Å². The zero-order chi connectivity index (χ0) is 24.9. The standard InChI is InChI=1S/C26H28Cl2N2O5/c27-22-13-17(5-9-20(22)15-1-2-15)24(31)29-11-12-30-25(32)21-10-8-19(14-23(21)28)35-18-6-3-16(4-7-18)26(33)34/h5,8-10,13-16,18H,1-4,6-7,11-12H2,(H,29,31)(H,30,32)(H,33,34). The number of amides is 2. The molecule has 0 unspecified atom stereocenters. The van der Waals surface area contributed by atoms with E-state index in [9.17, 15) is 14.4 Å². The van der Waals surface area contributed by atoms with E-state index in [2.05, 4.69) is 10.6 Å². The first-order valence-electron chi connectivity index (χ1n) is 11.9. The minimum atomic E-state index is -0.756. The van der Waals surface area contributed by atoms with E-state index in [1.54, 1.807) is 30.3 Å². The van der Waals surface area contributed by atoms with Crippen molar-refractivity contribution in [1.82, 2.24) is 10.6 Å². The fraction of sp³-hybridized carbons (Fsp3) is 0.423. The molecule has 9 heteroatoms. The quantitative estimate of drug-likeness (QED) is 0.402. The number of rotatable bonds is 9. The molecule has 0 radical (unpaired) electrons. The van der Waals surface area contributed by atoms with E-state index in [0.29, 0.717) is 53.5 Å². The van der Waals surface area contributed by atoms with Crippen LogP contribution in [0.15, 0.2) is 36.4 Å². The monoisotopic (exact) mass is 518 g/mol. The third-order valence-electron chi connectivity index (χ3n) is 6.49. The summed E-state index contributed by atoms with van der Waals surface area (Å²) in [5.41, 5.74) is 1.89. The lowest BCUT2D eigenvalue weighted by Gasteiger charge is -2.26. The summed E-state index contributed by atoms with van der Waals surface area (Å²) in [7, 11) is 0. The molecule has 0 atom stereocenters. The van der Waals surface area contributed by atoms with Crippen molar-refractivity contribution in [3.8, 4) is 5.75 Å². The molecule has 2 saturated carbocycles. The average Bonchev–Trinajstić information content (AvgIpc) is 3.67. The van der Waals surface area contributed by atoms with E-state index in [-0.39, 0.29) is 41.9 Å². The van der Waals surface area contributed by atoms with Gasteiger partial charge in [0.2, 0.25) is 0 Å². The van der Waals surface area contributed by atoms with Gasteiger partial charge in [-0.3, -0.25) is 14.4 Å². The lowest BCUT2D eigenvalue weighted by molar-refractivity contribution is -0.143. The van der Waals surface area contributed by atoms with Crippen LogP contribution in [0.4, 0.5) is 0 Å². The molecule has 0 aliphatic heterocycles. The largest absolute Gasteiger partial charge is 0.490 e. The molecule has 0 spiro atoms. The highest BCUT2D eigenvalue weighted by molar-refractivity contribution is 6.34. The van der Waals surface area contributed by atoms with Crippen molar-refractivity contribution in [3.63, 3.8) is 0 Å². The van der Waals surface area contributed by atoms with Gasteiger partial charge in [0.15, 0.2) is 0 Å². The van der Waals surface area contributed by atoms with Crippen molar-refractivity contribution in [2.24, 2.45) is 5.92 Å². The first kappa shape index (κ1) is 25.3. The molecular weight excluding hydrogens is 491 g/mol. The van der Waals surface area contributed by atoms with Crippen molar-refractivity contribution in [2.45, 2.75) is 50.5 Å². The fourth-order valence-corrected chi connectivity index (χ4v) is 4.91. The van der Waals surface area contributed by atoms with Crippen LogP contribution in [0.5, 0.6) is 5.75 Å². The maximum Gasteiger partial charge on any atom is 0.306 e. The number of carboxylic acid groups (broad SMARTS) is 1. The summed E-state index contributed by atoms with van der Waals surface area (Å²) < 4.78 is 5.93. The Labute approximate surface area is 214 Å². The van der Waals surface area contributed by atoms with Crippen molar-refractivity contribution in [3.05, 3.63) is 63.1 Å². The molecule has 4 rings (SSSR count). The van der Waals surface area contributed by atoms with Crippen molar-refractivity contribution in [2.75, 3.05) is 13.1 Å². The number of carbonyl (C=O) groups is 3. The minimum Gasteiger partial charge on any atom is -0.490 e. The number of carboxylic acids is 1. The molecule has 2 aliphatic rings. The van der Waals surface area contributed by atoms with Crippen LogP contribution in [-0.4, -0.2) is 42.1 Å². The minimum absolute atomic E-state index is 0.0651. The van der Waals surface area contributed by atoms with Crippen molar-refractivity contribution < 1.29 is 24.2 Å². The Hall–Kier alpha value is -2.77. The molecular formula is C26H28Cl2N2O5. The van der Waals surface area contributed by atoms with Crippen LogP contribution in [0.2, 0.25) is 10.0 Å². The second kappa shape index (κ2) is 11.3. The Morgan fingerprint density at radius 2 is 1.54 bits per heavy atom. The zero-order valence-corrected chi connectivity index (χ0v) is 20.7. The normalized spacial score (nSPS) is 19.6. The molecule has 2 aliphatic carbocycles. The van der Waals surface area contributed by atoms with E-state index in [4.69, 9.17) is 33.0 Å². The predicted molar refractivity (Wildman–Crippen MR) is 134 cm³/mol. The van der Waals surface area contributed by atoms with Crippen LogP contribution in [-0.2, 0) is 4.79 Å². The van der Waals surface area contributed by atoms with E-state index < -0.39 is 5.97 Å². The molecule has 0 heterocycles. The maximum absolute atomic E-state index is 12.5. The van der Waals surface area contributed by atoms with Crippen LogP contribution >= 0.6 is 23.2 Å².